The van der Waals surface area contributed by atoms with Gasteiger partial charge in [-0.3, -0.25) is 9.36 Å². The van der Waals surface area contributed by atoms with Crippen LogP contribution in [-0.2, 0) is 17.1 Å². The van der Waals surface area contributed by atoms with Crippen LogP contribution in [0.3, 0.4) is 0 Å². The van der Waals surface area contributed by atoms with Gasteiger partial charge < -0.3 is 10.1 Å². The van der Waals surface area contributed by atoms with Crippen molar-refractivity contribution >= 4 is 40.9 Å². The number of hydrogen-bond acceptors (Lipinski definition) is 5. The van der Waals surface area contributed by atoms with Crippen LogP contribution in [0.2, 0.25) is 10.0 Å². The lowest BCUT2D eigenvalue weighted by atomic mass is 10.1. The number of nitrogens with zero attached hydrogens (tertiary/aromatic N) is 3. The number of carbonyl (C=O) groups is 1. The summed E-state index contributed by atoms with van der Waals surface area (Å²) >= 11 is 14.2. The van der Waals surface area contributed by atoms with E-state index in [9.17, 15) is 4.79 Å². The quantitative estimate of drug-likeness (QED) is 0.174. The zero-order chi connectivity index (χ0) is 25.0. The van der Waals surface area contributed by atoms with Crippen molar-refractivity contribution < 1.29 is 9.53 Å². The van der Waals surface area contributed by atoms with E-state index in [4.69, 9.17) is 27.9 Å². The Morgan fingerprint density at radius 1 is 1.06 bits per heavy atom. The first-order valence-corrected chi connectivity index (χ1v) is 13.7. The fourth-order valence-electron chi connectivity index (χ4n) is 3.65. The van der Waals surface area contributed by atoms with Gasteiger partial charge in [0.2, 0.25) is 5.91 Å². The number of unbranched alkanes of at least 4 members (excludes halogenated alkanes) is 5. The first kappa shape index (κ1) is 27.4. The van der Waals surface area contributed by atoms with Gasteiger partial charge in [0.05, 0.1) is 24.4 Å². The van der Waals surface area contributed by atoms with E-state index < -0.39 is 0 Å². The Morgan fingerprint density at radius 2 is 1.86 bits per heavy atom. The van der Waals surface area contributed by atoms with Crippen molar-refractivity contribution in [3.05, 3.63) is 63.9 Å². The van der Waals surface area contributed by atoms with Crippen LogP contribution in [0, 0.1) is 0 Å². The van der Waals surface area contributed by atoms with Gasteiger partial charge in [-0.15, -0.1) is 10.2 Å². The molecule has 0 aliphatic heterocycles. The molecule has 9 heteroatoms. The molecule has 0 radical (unpaired) electrons. The van der Waals surface area contributed by atoms with Gasteiger partial charge in [0.25, 0.3) is 0 Å². The van der Waals surface area contributed by atoms with E-state index in [2.05, 4.69) is 22.4 Å². The van der Waals surface area contributed by atoms with Gasteiger partial charge in [-0.2, -0.15) is 0 Å². The summed E-state index contributed by atoms with van der Waals surface area (Å²) < 4.78 is 7.21. The maximum Gasteiger partial charge on any atom is 0.220 e. The molecule has 0 atom stereocenters. The number of benzene rings is 2. The van der Waals surface area contributed by atoms with Gasteiger partial charge in [-0.25, -0.2) is 0 Å². The molecule has 6 nitrogen and oxygen atoms in total. The number of thioether (sulfide) groups is 1. The van der Waals surface area contributed by atoms with E-state index >= 15 is 0 Å². The van der Waals surface area contributed by atoms with Crippen molar-refractivity contribution in [2.24, 2.45) is 0 Å². The average molecular weight is 536 g/mol. The highest BCUT2D eigenvalue weighted by atomic mass is 35.5. The third-order valence-electron chi connectivity index (χ3n) is 5.55. The normalized spacial score (nSPS) is 11.0. The predicted molar refractivity (Wildman–Crippen MR) is 144 cm³/mol. The first-order chi connectivity index (χ1) is 17.0. The average Bonchev–Trinajstić information content (AvgIpc) is 3.26. The van der Waals surface area contributed by atoms with Crippen LogP contribution < -0.4 is 10.1 Å². The van der Waals surface area contributed by atoms with Crippen molar-refractivity contribution in [2.75, 3.05) is 7.11 Å². The summed E-state index contributed by atoms with van der Waals surface area (Å²) in [4.78, 5) is 12.4. The number of carbonyl (C=O) groups excluding carboxylic acids is 1. The second-order valence-electron chi connectivity index (χ2n) is 8.26. The minimum absolute atomic E-state index is 0.0165. The van der Waals surface area contributed by atoms with E-state index in [0.717, 1.165) is 29.8 Å². The van der Waals surface area contributed by atoms with Crippen LogP contribution >= 0.6 is 35.0 Å². The number of ether oxygens (including phenoxy) is 1. The second-order valence-corrected chi connectivity index (χ2v) is 10.1. The van der Waals surface area contributed by atoms with Crippen LogP contribution in [-0.4, -0.2) is 27.8 Å². The fourth-order valence-corrected chi connectivity index (χ4v) is 5.05. The van der Waals surface area contributed by atoms with Crippen molar-refractivity contribution in [3.63, 3.8) is 0 Å². The summed E-state index contributed by atoms with van der Waals surface area (Å²) in [5, 5.41) is 13.5. The number of rotatable bonds is 14. The Morgan fingerprint density at radius 3 is 2.63 bits per heavy atom. The lowest BCUT2D eigenvalue weighted by Gasteiger charge is -2.13. The predicted octanol–water partition coefficient (Wildman–Crippen LogP) is 7.24. The SMILES string of the molecule is CCCCCCCCC(=O)NCc1nnc(SCc2cccc(OC)c2)n1-c1ccc(Cl)cc1Cl. The molecule has 188 valence electrons. The van der Waals surface area contributed by atoms with E-state index in [-0.39, 0.29) is 12.5 Å². The van der Waals surface area contributed by atoms with Crippen molar-refractivity contribution in [1.29, 1.82) is 0 Å². The Bertz CT molecular complexity index is 1110. The third-order valence-corrected chi connectivity index (χ3v) is 7.09. The Kier molecular flexibility index (Phi) is 11.2. The second kappa shape index (κ2) is 14.4. The molecule has 2 aromatic carbocycles. The fraction of sp³-hybridized carbons (Fsp3) is 0.423. The Labute approximate surface area is 221 Å². The number of amides is 1. The topological polar surface area (TPSA) is 69.0 Å². The number of methoxy groups -OCH3 is 1. The molecule has 0 aliphatic rings. The van der Waals surface area contributed by atoms with Gasteiger partial charge in [-0.05, 0) is 42.3 Å². The molecule has 0 bridgehead atoms. The highest BCUT2D eigenvalue weighted by Gasteiger charge is 2.18. The van der Waals surface area contributed by atoms with E-state index in [1.807, 2.05) is 34.9 Å². The number of hydrogen-bond donors (Lipinski definition) is 1. The molecule has 1 heterocycles. The molecule has 3 rings (SSSR count). The molecular formula is C26H32Cl2N4O2S. The van der Waals surface area contributed by atoms with Crippen LogP contribution in [0.15, 0.2) is 47.6 Å². The highest BCUT2D eigenvalue weighted by molar-refractivity contribution is 7.98. The molecule has 0 unspecified atom stereocenters. The van der Waals surface area contributed by atoms with Gasteiger partial charge in [0.1, 0.15) is 5.75 Å². The molecule has 35 heavy (non-hydrogen) atoms. The van der Waals surface area contributed by atoms with Crippen molar-refractivity contribution in [2.45, 2.75) is 69.3 Å². The summed E-state index contributed by atoms with van der Waals surface area (Å²) in [5.41, 5.74) is 1.81. The minimum Gasteiger partial charge on any atom is -0.497 e. The molecule has 1 aromatic heterocycles. The Hall–Kier alpha value is -2.22. The Balaban J connectivity index is 1.70. The molecule has 0 spiro atoms. The number of aromatic nitrogens is 3. The molecule has 0 saturated heterocycles. The molecule has 1 N–H and O–H groups in total. The summed E-state index contributed by atoms with van der Waals surface area (Å²) in [7, 11) is 1.65. The molecule has 0 saturated carbocycles. The van der Waals surface area contributed by atoms with Crippen LogP contribution in [0.1, 0.15) is 63.3 Å². The smallest absolute Gasteiger partial charge is 0.220 e. The van der Waals surface area contributed by atoms with Crippen LogP contribution in [0.5, 0.6) is 5.75 Å². The van der Waals surface area contributed by atoms with E-state index in [1.54, 1.807) is 19.2 Å². The maximum atomic E-state index is 12.4. The first-order valence-electron chi connectivity index (χ1n) is 11.9. The standard InChI is InChI=1S/C26H32Cl2N4O2S/c1-3-4-5-6-7-8-12-25(33)29-17-24-30-31-26(32(24)23-14-13-20(27)16-22(23)28)35-18-19-10-9-11-21(15-19)34-2/h9-11,13-16H,3-8,12,17-18H2,1-2H3,(H,29,33). The number of nitrogens with one attached hydrogen (secondary N) is 1. The van der Waals surface area contributed by atoms with E-state index in [0.29, 0.717) is 33.2 Å². The molecule has 0 fully saturated rings. The molecule has 1 amide bonds. The van der Waals surface area contributed by atoms with Gasteiger partial charge >= 0.3 is 0 Å². The molecular weight excluding hydrogens is 503 g/mol. The number of halogens is 2. The largest absolute Gasteiger partial charge is 0.497 e. The highest BCUT2D eigenvalue weighted by Crippen LogP contribution is 2.31. The summed E-state index contributed by atoms with van der Waals surface area (Å²) in [6.45, 7) is 2.46. The van der Waals surface area contributed by atoms with Crippen LogP contribution in [0.25, 0.3) is 5.69 Å². The lowest BCUT2D eigenvalue weighted by Crippen LogP contribution is -2.24. The lowest BCUT2D eigenvalue weighted by molar-refractivity contribution is -0.121. The summed E-state index contributed by atoms with van der Waals surface area (Å²) in [6.07, 6.45) is 7.38. The monoisotopic (exact) mass is 534 g/mol. The van der Waals surface area contributed by atoms with Crippen molar-refractivity contribution in [1.82, 2.24) is 20.1 Å². The summed E-state index contributed by atoms with van der Waals surface area (Å²) in [6, 6.07) is 13.2. The van der Waals surface area contributed by atoms with Crippen LogP contribution in [0.4, 0.5) is 0 Å². The van der Waals surface area contributed by atoms with Gasteiger partial charge in [0.15, 0.2) is 11.0 Å². The maximum absolute atomic E-state index is 12.4. The van der Waals surface area contributed by atoms with Gasteiger partial charge in [-0.1, -0.05) is 86.1 Å². The zero-order valence-corrected chi connectivity index (χ0v) is 22.6. The van der Waals surface area contributed by atoms with E-state index in [1.165, 1.54) is 37.4 Å². The molecule has 3 aromatic rings. The molecule has 0 aliphatic carbocycles. The third kappa shape index (κ3) is 8.44. The van der Waals surface area contributed by atoms with Gasteiger partial charge in [0, 0.05) is 17.2 Å². The minimum atomic E-state index is 0.0165. The summed E-state index contributed by atoms with van der Waals surface area (Å²) in [5.74, 6) is 2.10. The zero-order valence-electron chi connectivity index (χ0n) is 20.2. The van der Waals surface area contributed by atoms with Crippen molar-refractivity contribution in [3.8, 4) is 11.4 Å².